The summed E-state index contributed by atoms with van der Waals surface area (Å²) >= 11 is 0. The molecule has 0 aliphatic carbocycles. The molecule has 0 aromatic carbocycles. The molecule has 0 amide bonds. The lowest BCUT2D eigenvalue weighted by atomic mass is 9.93. The summed E-state index contributed by atoms with van der Waals surface area (Å²) < 4.78 is 0. The molecule has 2 saturated heterocycles. The van der Waals surface area contributed by atoms with Crippen molar-refractivity contribution in [2.45, 2.75) is 84.3 Å². The van der Waals surface area contributed by atoms with Gasteiger partial charge in [-0.05, 0) is 58.5 Å². The summed E-state index contributed by atoms with van der Waals surface area (Å²) in [5.41, 5.74) is 0. The van der Waals surface area contributed by atoms with Gasteiger partial charge in [0.05, 0.1) is 0 Å². The maximum Gasteiger partial charge on any atom is 0.191 e. The van der Waals surface area contributed by atoms with Crippen molar-refractivity contribution in [1.29, 1.82) is 0 Å². The highest BCUT2D eigenvalue weighted by Gasteiger charge is 2.28. The van der Waals surface area contributed by atoms with Crippen molar-refractivity contribution in [2.75, 3.05) is 39.8 Å². The lowest BCUT2D eigenvalue weighted by Crippen LogP contribution is -2.53. The van der Waals surface area contributed by atoms with Crippen molar-refractivity contribution in [1.82, 2.24) is 20.4 Å². The third kappa shape index (κ3) is 6.12. The molecule has 2 aliphatic heterocycles. The molecule has 0 radical (unpaired) electrons. The highest BCUT2D eigenvalue weighted by Crippen LogP contribution is 2.22. The number of nitrogens with zero attached hydrogens (tertiary/aromatic N) is 3. The van der Waals surface area contributed by atoms with E-state index in [0.717, 1.165) is 18.4 Å². The molecule has 0 aromatic heterocycles. The highest BCUT2D eigenvalue weighted by molar-refractivity contribution is 5.80. The van der Waals surface area contributed by atoms with E-state index in [1.54, 1.807) is 0 Å². The summed E-state index contributed by atoms with van der Waals surface area (Å²) in [6, 6.07) is 1.85. The van der Waals surface area contributed by atoms with Crippen LogP contribution in [-0.4, -0.2) is 73.7 Å². The fraction of sp³-hybridized carbons (Fsp3) is 0.952. The Bertz CT molecular complexity index is 403. The molecule has 0 aromatic rings. The Labute approximate surface area is 162 Å². The van der Waals surface area contributed by atoms with Gasteiger partial charge in [-0.25, -0.2) is 0 Å². The minimum Gasteiger partial charge on any atom is -0.355 e. The van der Waals surface area contributed by atoms with Crippen LogP contribution in [0.1, 0.15) is 66.2 Å². The van der Waals surface area contributed by atoms with Gasteiger partial charge in [0, 0.05) is 44.8 Å². The van der Waals surface area contributed by atoms with E-state index in [9.17, 15) is 0 Å². The minimum atomic E-state index is 0.551. The van der Waals surface area contributed by atoms with Gasteiger partial charge in [-0.2, -0.15) is 0 Å². The first-order valence-corrected chi connectivity index (χ1v) is 11.0. The Morgan fingerprint density at radius 2 is 1.62 bits per heavy atom. The zero-order valence-corrected chi connectivity index (χ0v) is 17.9. The number of nitrogens with one attached hydrogen (secondary N) is 2. The van der Waals surface area contributed by atoms with E-state index in [0.29, 0.717) is 18.1 Å². The predicted molar refractivity (Wildman–Crippen MR) is 113 cm³/mol. The molecule has 1 unspecified atom stereocenters. The molecular formula is C21H43N5. The van der Waals surface area contributed by atoms with Gasteiger partial charge in [-0.15, -0.1) is 0 Å². The molecule has 152 valence electrons. The molecule has 26 heavy (non-hydrogen) atoms. The van der Waals surface area contributed by atoms with Crippen LogP contribution in [-0.2, 0) is 0 Å². The Balaban J connectivity index is 1.84. The second-order valence-electron chi connectivity index (χ2n) is 8.39. The van der Waals surface area contributed by atoms with Gasteiger partial charge in [0.2, 0.25) is 0 Å². The van der Waals surface area contributed by atoms with Crippen LogP contribution in [0, 0.1) is 5.92 Å². The topological polar surface area (TPSA) is 42.9 Å². The third-order valence-electron chi connectivity index (χ3n) is 6.51. The monoisotopic (exact) mass is 365 g/mol. The number of hydrogen-bond donors (Lipinski definition) is 2. The number of likely N-dealkylation sites (tertiary alicyclic amines) is 2. The van der Waals surface area contributed by atoms with Crippen molar-refractivity contribution >= 4 is 5.96 Å². The normalized spacial score (nSPS) is 22.3. The molecule has 2 N–H and O–H groups in total. The summed E-state index contributed by atoms with van der Waals surface area (Å²) in [5, 5.41) is 7.34. The Morgan fingerprint density at radius 3 is 2.12 bits per heavy atom. The average molecular weight is 366 g/mol. The average Bonchev–Trinajstić information content (AvgIpc) is 3.18. The molecule has 2 heterocycles. The van der Waals surface area contributed by atoms with Crippen LogP contribution in [0.25, 0.3) is 0 Å². The number of piperidine rings is 1. The molecule has 1 atom stereocenters. The van der Waals surface area contributed by atoms with E-state index < -0.39 is 0 Å². The summed E-state index contributed by atoms with van der Waals surface area (Å²) in [4.78, 5) is 9.79. The number of rotatable bonds is 8. The van der Waals surface area contributed by atoms with Crippen LogP contribution in [0.2, 0.25) is 0 Å². The van der Waals surface area contributed by atoms with E-state index in [4.69, 9.17) is 0 Å². The van der Waals surface area contributed by atoms with Crippen LogP contribution in [0.15, 0.2) is 4.99 Å². The fourth-order valence-electron chi connectivity index (χ4n) is 4.65. The second kappa shape index (κ2) is 11.1. The van der Waals surface area contributed by atoms with Crippen molar-refractivity contribution in [3.05, 3.63) is 0 Å². The Kier molecular flexibility index (Phi) is 9.20. The maximum atomic E-state index is 4.51. The lowest BCUT2D eigenvalue weighted by Gasteiger charge is -2.36. The first kappa shape index (κ1) is 21.5. The van der Waals surface area contributed by atoms with Crippen molar-refractivity contribution in [3.63, 3.8) is 0 Å². The van der Waals surface area contributed by atoms with Crippen LogP contribution in [0.5, 0.6) is 0 Å². The molecule has 0 bridgehead atoms. The quantitative estimate of drug-likeness (QED) is 0.513. The third-order valence-corrected chi connectivity index (χ3v) is 6.51. The van der Waals surface area contributed by atoms with E-state index in [2.05, 4.69) is 53.1 Å². The van der Waals surface area contributed by atoms with Gasteiger partial charge < -0.3 is 15.5 Å². The standard InChI is InChI=1S/C21H43N5/c1-6-18(7-2)20(26-12-8-9-13-26)16-23-21(22-5)24-19-10-14-25(15-11-19)17(3)4/h17-20H,6-16H2,1-5H3,(H2,22,23,24). The molecule has 2 rings (SSSR count). The van der Waals surface area contributed by atoms with Gasteiger partial charge in [-0.1, -0.05) is 26.7 Å². The van der Waals surface area contributed by atoms with Gasteiger partial charge in [0.25, 0.3) is 0 Å². The van der Waals surface area contributed by atoms with E-state index in [-0.39, 0.29) is 0 Å². The Morgan fingerprint density at radius 1 is 1.00 bits per heavy atom. The van der Waals surface area contributed by atoms with E-state index >= 15 is 0 Å². The molecule has 2 fully saturated rings. The summed E-state index contributed by atoms with van der Waals surface area (Å²) in [7, 11) is 1.90. The van der Waals surface area contributed by atoms with Gasteiger partial charge >= 0.3 is 0 Å². The largest absolute Gasteiger partial charge is 0.355 e. The maximum absolute atomic E-state index is 4.51. The van der Waals surface area contributed by atoms with Gasteiger partial charge in [0.15, 0.2) is 5.96 Å². The first-order valence-electron chi connectivity index (χ1n) is 11.0. The Hall–Kier alpha value is -0.810. The first-order chi connectivity index (χ1) is 12.6. The minimum absolute atomic E-state index is 0.551. The van der Waals surface area contributed by atoms with Crippen LogP contribution < -0.4 is 10.6 Å². The fourth-order valence-corrected chi connectivity index (χ4v) is 4.65. The lowest BCUT2D eigenvalue weighted by molar-refractivity contribution is 0.163. The van der Waals surface area contributed by atoms with Gasteiger partial charge in [0.1, 0.15) is 0 Å². The zero-order chi connectivity index (χ0) is 18.9. The molecule has 2 aliphatic rings. The smallest absolute Gasteiger partial charge is 0.191 e. The van der Waals surface area contributed by atoms with Crippen molar-refractivity contribution in [3.8, 4) is 0 Å². The van der Waals surface area contributed by atoms with Crippen LogP contribution in [0.3, 0.4) is 0 Å². The number of guanidine groups is 1. The van der Waals surface area contributed by atoms with Crippen LogP contribution >= 0.6 is 0 Å². The second-order valence-corrected chi connectivity index (χ2v) is 8.39. The van der Waals surface area contributed by atoms with E-state index in [1.807, 2.05) is 7.05 Å². The predicted octanol–water partition coefficient (Wildman–Crippen LogP) is 2.92. The zero-order valence-electron chi connectivity index (χ0n) is 17.9. The molecule has 5 nitrogen and oxygen atoms in total. The van der Waals surface area contributed by atoms with Crippen LogP contribution in [0.4, 0.5) is 0 Å². The molecule has 0 saturated carbocycles. The number of hydrogen-bond acceptors (Lipinski definition) is 3. The summed E-state index contributed by atoms with van der Waals surface area (Å²) in [5.74, 6) is 1.76. The van der Waals surface area contributed by atoms with E-state index in [1.165, 1.54) is 64.7 Å². The highest BCUT2D eigenvalue weighted by atomic mass is 15.2. The summed E-state index contributed by atoms with van der Waals surface area (Å²) in [6.45, 7) is 15.2. The summed E-state index contributed by atoms with van der Waals surface area (Å²) in [6.07, 6.45) is 7.66. The van der Waals surface area contributed by atoms with Crippen molar-refractivity contribution < 1.29 is 0 Å². The SMILES string of the molecule is CCC(CC)C(CNC(=NC)NC1CCN(C(C)C)CC1)N1CCCC1. The van der Waals surface area contributed by atoms with Crippen molar-refractivity contribution in [2.24, 2.45) is 10.9 Å². The molecule has 5 heteroatoms. The molecular weight excluding hydrogens is 322 g/mol. The van der Waals surface area contributed by atoms with Gasteiger partial charge in [-0.3, -0.25) is 9.89 Å². The number of aliphatic imine (C=N–C) groups is 1. The molecule has 0 spiro atoms.